The van der Waals surface area contributed by atoms with Crippen molar-refractivity contribution >= 4 is 27.3 Å². The molecule has 0 aliphatic heterocycles. The molecule has 0 aliphatic carbocycles. The van der Waals surface area contributed by atoms with Gasteiger partial charge in [0.1, 0.15) is 0 Å². The molecule has 1 aromatic heterocycles. The van der Waals surface area contributed by atoms with E-state index in [4.69, 9.17) is 5.73 Å². The maximum absolute atomic E-state index is 5.68. The zero-order valence-electron chi connectivity index (χ0n) is 7.43. The van der Waals surface area contributed by atoms with Crippen molar-refractivity contribution in [3.05, 3.63) is 20.3 Å². The normalized spacial score (nSPS) is 13.3. The van der Waals surface area contributed by atoms with Gasteiger partial charge < -0.3 is 5.73 Å². The monoisotopic (exact) mass is 247 g/mol. The van der Waals surface area contributed by atoms with E-state index < -0.39 is 0 Å². The SMILES string of the molecule is Cc1sc(CC[C@H](C)N)cc1Br. The average Bonchev–Trinajstić information content (AvgIpc) is 2.28. The van der Waals surface area contributed by atoms with Crippen LogP contribution < -0.4 is 5.73 Å². The fraction of sp³-hybridized carbons (Fsp3) is 0.556. The van der Waals surface area contributed by atoms with Gasteiger partial charge in [-0.3, -0.25) is 0 Å². The summed E-state index contributed by atoms with van der Waals surface area (Å²) in [6.45, 7) is 4.18. The lowest BCUT2D eigenvalue weighted by Crippen LogP contribution is -2.14. The Morgan fingerprint density at radius 3 is 2.75 bits per heavy atom. The van der Waals surface area contributed by atoms with Gasteiger partial charge in [-0.25, -0.2) is 0 Å². The molecular weight excluding hydrogens is 234 g/mol. The standard InChI is InChI=1S/C9H14BrNS/c1-6(11)3-4-8-5-9(10)7(2)12-8/h5-6H,3-4,11H2,1-2H3/t6-/m0/s1. The maximum atomic E-state index is 5.68. The van der Waals surface area contributed by atoms with Gasteiger partial charge in [0.2, 0.25) is 0 Å². The lowest BCUT2D eigenvalue weighted by Gasteiger charge is -2.01. The molecule has 0 unspecified atom stereocenters. The van der Waals surface area contributed by atoms with Gasteiger partial charge in [-0.1, -0.05) is 0 Å². The average molecular weight is 248 g/mol. The topological polar surface area (TPSA) is 26.0 Å². The van der Waals surface area contributed by atoms with Gasteiger partial charge in [-0.2, -0.15) is 0 Å². The van der Waals surface area contributed by atoms with Crippen LogP contribution in [-0.2, 0) is 6.42 Å². The molecule has 0 saturated carbocycles. The highest BCUT2D eigenvalue weighted by molar-refractivity contribution is 9.10. The molecule has 0 aliphatic rings. The number of hydrogen-bond donors (Lipinski definition) is 1. The minimum Gasteiger partial charge on any atom is -0.328 e. The molecule has 0 radical (unpaired) electrons. The van der Waals surface area contributed by atoms with E-state index in [0.717, 1.165) is 12.8 Å². The summed E-state index contributed by atoms with van der Waals surface area (Å²) in [6.07, 6.45) is 2.18. The molecule has 1 aromatic rings. The summed E-state index contributed by atoms with van der Waals surface area (Å²) in [5.41, 5.74) is 5.68. The third-order valence-corrected chi connectivity index (χ3v) is 3.95. The van der Waals surface area contributed by atoms with Crippen molar-refractivity contribution < 1.29 is 0 Å². The van der Waals surface area contributed by atoms with Crippen LogP contribution in [0.5, 0.6) is 0 Å². The molecule has 68 valence electrons. The molecule has 2 N–H and O–H groups in total. The van der Waals surface area contributed by atoms with Crippen molar-refractivity contribution in [1.29, 1.82) is 0 Å². The van der Waals surface area contributed by atoms with Gasteiger partial charge in [-0.05, 0) is 48.7 Å². The number of aryl methyl sites for hydroxylation is 2. The Kier molecular flexibility index (Phi) is 3.75. The second kappa shape index (κ2) is 4.40. The van der Waals surface area contributed by atoms with Gasteiger partial charge in [-0.15, -0.1) is 11.3 Å². The first-order valence-corrected chi connectivity index (χ1v) is 5.71. The molecule has 0 aromatic carbocycles. The molecule has 0 amide bonds. The quantitative estimate of drug-likeness (QED) is 0.873. The second-order valence-electron chi connectivity index (χ2n) is 3.13. The van der Waals surface area contributed by atoms with Gasteiger partial charge in [0, 0.05) is 20.3 Å². The Labute approximate surface area is 86.1 Å². The number of nitrogens with two attached hydrogens (primary N) is 1. The van der Waals surface area contributed by atoms with Crippen LogP contribution in [0.3, 0.4) is 0 Å². The van der Waals surface area contributed by atoms with Gasteiger partial charge in [0.05, 0.1) is 0 Å². The molecule has 0 spiro atoms. The van der Waals surface area contributed by atoms with Gasteiger partial charge >= 0.3 is 0 Å². The Hall–Kier alpha value is 0.140. The minimum atomic E-state index is 0.311. The summed E-state index contributed by atoms with van der Waals surface area (Å²) in [4.78, 5) is 2.78. The molecule has 3 heteroatoms. The lowest BCUT2D eigenvalue weighted by atomic mass is 10.2. The van der Waals surface area contributed by atoms with E-state index in [0.29, 0.717) is 6.04 Å². The van der Waals surface area contributed by atoms with E-state index in [1.165, 1.54) is 14.2 Å². The lowest BCUT2D eigenvalue weighted by molar-refractivity contribution is 0.670. The molecular formula is C9H14BrNS. The molecule has 12 heavy (non-hydrogen) atoms. The fourth-order valence-electron chi connectivity index (χ4n) is 1.01. The number of hydrogen-bond acceptors (Lipinski definition) is 2. The van der Waals surface area contributed by atoms with E-state index in [-0.39, 0.29) is 0 Å². The highest BCUT2D eigenvalue weighted by atomic mass is 79.9. The zero-order valence-corrected chi connectivity index (χ0v) is 9.83. The van der Waals surface area contributed by atoms with E-state index in [1.807, 2.05) is 11.3 Å². The van der Waals surface area contributed by atoms with Crippen molar-refractivity contribution in [3.8, 4) is 0 Å². The Bertz CT molecular complexity index is 236. The van der Waals surface area contributed by atoms with E-state index >= 15 is 0 Å². The third-order valence-electron chi connectivity index (χ3n) is 1.75. The molecule has 1 rings (SSSR count). The summed E-state index contributed by atoms with van der Waals surface area (Å²) >= 11 is 5.36. The molecule has 1 nitrogen and oxygen atoms in total. The summed E-state index contributed by atoms with van der Waals surface area (Å²) in [7, 11) is 0. The van der Waals surface area contributed by atoms with Crippen molar-refractivity contribution in [2.24, 2.45) is 5.73 Å². The van der Waals surface area contributed by atoms with Gasteiger partial charge in [0.15, 0.2) is 0 Å². The number of thiophene rings is 1. The predicted molar refractivity (Wildman–Crippen MR) is 58.7 cm³/mol. The van der Waals surface area contributed by atoms with Crippen LogP contribution in [0.1, 0.15) is 23.1 Å². The highest BCUT2D eigenvalue weighted by Crippen LogP contribution is 2.27. The minimum absolute atomic E-state index is 0.311. The third kappa shape index (κ3) is 2.88. The van der Waals surface area contributed by atoms with Crippen molar-refractivity contribution in [2.45, 2.75) is 32.7 Å². The van der Waals surface area contributed by atoms with Crippen molar-refractivity contribution in [3.63, 3.8) is 0 Å². The first kappa shape index (κ1) is 10.2. The second-order valence-corrected chi connectivity index (χ2v) is 5.33. The largest absolute Gasteiger partial charge is 0.328 e. The molecule has 1 atom stereocenters. The van der Waals surface area contributed by atoms with Crippen LogP contribution in [0.15, 0.2) is 10.5 Å². The van der Waals surface area contributed by atoms with Crippen LogP contribution in [0.4, 0.5) is 0 Å². The van der Waals surface area contributed by atoms with Crippen molar-refractivity contribution in [2.75, 3.05) is 0 Å². The van der Waals surface area contributed by atoms with E-state index in [2.05, 4.69) is 35.8 Å². The van der Waals surface area contributed by atoms with Crippen LogP contribution in [0.2, 0.25) is 0 Å². The first-order chi connectivity index (χ1) is 5.59. The molecule has 0 bridgehead atoms. The van der Waals surface area contributed by atoms with Crippen LogP contribution >= 0.6 is 27.3 Å². The number of rotatable bonds is 3. The van der Waals surface area contributed by atoms with E-state index in [1.54, 1.807) is 0 Å². The Morgan fingerprint density at radius 2 is 2.33 bits per heavy atom. The predicted octanol–water partition coefficient (Wildman–Crippen LogP) is 3.10. The van der Waals surface area contributed by atoms with E-state index in [9.17, 15) is 0 Å². The van der Waals surface area contributed by atoms with Crippen LogP contribution in [0.25, 0.3) is 0 Å². The Morgan fingerprint density at radius 1 is 1.67 bits per heavy atom. The number of halogens is 1. The molecule has 1 heterocycles. The highest BCUT2D eigenvalue weighted by Gasteiger charge is 2.03. The van der Waals surface area contributed by atoms with Crippen LogP contribution in [0, 0.1) is 6.92 Å². The van der Waals surface area contributed by atoms with Gasteiger partial charge in [0.25, 0.3) is 0 Å². The van der Waals surface area contributed by atoms with Crippen molar-refractivity contribution in [1.82, 2.24) is 0 Å². The Balaban J connectivity index is 2.53. The smallest absolute Gasteiger partial charge is 0.0314 e. The molecule has 0 fully saturated rings. The summed E-state index contributed by atoms with van der Waals surface area (Å²) in [5, 5.41) is 0. The summed E-state index contributed by atoms with van der Waals surface area (Å²) in [6, 6.07) is 2.51. The maximum Gasteiger partial charge on any atom is 0.0314 e. The zero-order chi connectivity index (χ0) is 9.14. The summed E-state index contributed by atoms with van der Waals surface area (Å²) in [5.74, 6) is 0. The van der Waals surface area contributed by atoms with Crippen LogP contribution in [-0.4, -0.2) is 6.04 Å². The first-order valence-electron chi connectivity index (χ1n) is 4.10. The summed E-state index contributed by atoms with van der Waals surface area (Å²) < 4.78 is 1.23. The fourth-order valence-corrected chi connectivity index (χ4v) is 2.63. The molecule has 0 saturated heterocycles.